The third-order valence-electron chi connectivity index (χ3n) is 6.14. The molecule has 0 saturated heterocycles. The molecule has 38 heavy (non-hydrogen) atoms. The van der Waals surface area contributed by atoms with Crippen molar-refractivity contribution in [3.8, 4) is 11.1 Å². The Labute approximate surface area is 226 Å². The maximum Gasteiger partial charge on any atom is 0.346 e. The van der Waals surface area contributed by atoms with E-state index in [4.69, 9.17) is 9.84 Å². The van der Waals surface area contributed by atoms with Gasteiger partial charge in [-0.25, -0.2) is 22.3 Å². The summed E-state index contributed by atoms with van der Waals surface area (Å²) in [6, 6.07) is 11.0. The third kappa shape index (κ3) is 6.06. The lowest BCUT2D eigenvalue weighted by molar-refractivity contribution is -0.844. The van der Waals surface area contributed by atoms with Gasteiger partial charge in [-0.1, -0.05) is 50.1 Å². The van der Waals surface area contributed by atoms with Gasteiger partial charge in [0.05, 0.1) is 18.6 Å². The molecule has 2 aromatic carbocycles. The van der Waals surface area contributed by atoms with Crippen LogP contribution in [0, 0.1) is 11.7 Å². The zero-order valence-corrected chi connectivity index (χ0v) is 24.4. The van der Waals surface area contributed by atoms with Crippen molar-refractivity contribution < 1.29 is 26.9 Å². The Bertz CT molecular complexity index is 1390. The molecule has 0 saturated carbocycles. The van der Waals surface area contributed by atoms with Gasteiger partial charge in [-0.15, -0.1) is 0 Å². The molecule has 0 bridgehead atoms. The first-order valence-corrected chi connectivity index (χ1v) is 14.4. The molecule has 1 N–H and O–H groups in total. The van der Waals surface area contributed by atoms with Crippen molar-refractivity contribution in [3.05, 3.63) is 59.4 Å². The molecule has 0 aromatic heterocycles. The quantitative estimate of drug-likeness (QED) is 0.323. The predicted octanol–water partition coefficient (Wildman–Crippen LogP) is 5.73. The van der Waals surface area contributed by atoms with Crippen molar-refractivity contribution in [2.75, 3.05) is 20.2 Å². The zero-order chi connectivity index (χ0) is 28.5. The van der Waals surface area contributed by atoms with E-state index in [0.717, 1.165) is 6.42 Å². The maximum absolute atomic E-state index is 15.9. The second-order valence-electron chi connectivity index (χ2n) is 11.0. The number of sulfonamides is 1. The molecular weight excluding hydrogens is 505 g/mol. The SMILES string of the molecule is CCC[N+]1(C)N=C(C(C)C)C(C(=O)OCC)=C1c1ccc(-c2ccccc2S(=O)(=O)NC(C)(C)C)c(F)c1. The van der Waals surface area contributed by atoms with E-state index in [0.29, 0.717) is 29.1 Å². The molecule has 0 fully saturated rings. The number of esters is 1. The van der Waals surface area contributed by atoms with Crippen LogP contribution in [0.3, 0.4) is 0 Å². The summed E-state index contributed by atoms with van der Waals surface area (Å²) in [6.45, 7) is 13.8. The van der Waals surface area contributed by atoms with E-state index in [1.165, 1.54) is 12.1 Å². The standard InChI is InChI=1S/C29H39FN3O4S/c1-9-17-33(8)27(25(28(34)37-10-2)26(31-33)19(3)4)20-15-16-21(23(30)18-20)22-13-11-12-14-24(22)38(35,36)32-29(5,6)7/h11-16,18-19,32H,9-10,17H2,1-8H3/q+1. The van der Waals surface area contributed by atoms with Crippen LogP contribution in [0.25, 0.3) is 16.8 Å². The lowest BCUT2D eigenvalue weighted by Crippen LogP contribution is -2.40. The van der Waals surface area contributed by atoms with E-state index < -0.39 is 27.3 Å². The van der Waals surface area contributed by atoms with Gasteiger partial charge in [0, 0.05) is 28.1 Å². The van der Waals surface area contributed by atoms with E-state index in [2.05, 4.69) is 4.72 Å². The Morgan fingerprint density at radius 3 is 2.32 bits per heavy atom. The third-order valence-corrected chi connectivity index (χ3v) is 7.95. The molecule has 0 amide bonds. The van der Waals surface area contributed by atoms with Gasteiger partial charge in [-0.2, -0.15) is 4.59 Å². The summed E-state index contributed by atoms with van der Waals surface area (Å²) < 4.78 is 50.3. The van der Waals surface area contributed by atoms with Crippen LogP contribution in [0.4, 0.5) is 4.39 Å². The molecule has 1 atom stereocenters. The lowest BCUT2D eigenvalue weighted by Gasteiger charge is -2.26. The van der Waals surface area contributed by atoms with E-state index in [1.807, 2.05) is 27.8 Å². The molecule has 1 aliphatic rings. The molecule has 1 aliphatic heterocycles. The summed E-state index contributed by atoms with van der Waals surface area (Å²) in [4.78, 5) is 13.1. The number of benzene rings is 2. The fourth-order valence-corrected chi connectivity index (χ4v) is 6.43. The smallest absolute Gasteiger partial charge is 0.346 e. The summed E-state index contributed by atoms with van der Waals surface area (Å²) in [6.07, 6.45) is 0.789. The van der Waals surface area contributed by atoms with Gasteiger partial charge in [0.1, 0.15) is 18.1 Å². The van der Waals surface area contributed by atoms with Crippen molar-refractivity contribution in [2.45, 2.75) is 65.3 Å². The molecule has 0 spiro atoms. The Balaban J connectivity index is 2.22. The van der Waals surface area contributed by atoms with Crippen LogP contribution in [-0.2, 0) is 19.6 Å². The van der Waals surface area contributed by atoms with Crippen molar-refractivity contribution in [1.29, 1.82) is 0 Å². The second kappa shape index (κ2) is 11.1. The number of nitrogens with zero attached hydrogens (tertiary/aromatic N) is 2. The summed E-state index contributed by atoms with van der Waals surface area (Å²) >= 11 is 0. The summed E-state index contributed by atoms with van der Waals surface area (Å²) in [7, 11) is -2.01. The van der Waals surface area contributed by atoms with Crippen LogP contribution in [0.15, 0.2) is 58.0 Å². The number of halogens is 1. The van der Waals surface area contributed by atoms with Crippen LogP contribution in [0.1, 0.15) is 60.5 Å². The monoisotopic (exact) mass is 544 g/mol. The fourth-order valence-electron chi connectivity index (χ4n) is 4.79. The van der Waals surface area contributed by atoms with Gasteiger partial charge in [0.2, 0.25) is 10.0 Å². The fraction of sp³-hybridized carbons (Fsp3) is 0.448. The number of hydrogen-bond acceptors (Lipinski definition) is 5. The Hall–Kier alpha value is -2.88. The highest BCUT2D eigenvalue weighted by atomic mass is 32.2. The Morgan fingerprint density at radius 1 is 1.11 bits per heavy atom. The van der Waals surface area contributed by atoms with Crippen molar-refractivity contribution in [2.24, 2.45) is 11.0 Å². The normalized spacial score (nSPS) is 18.2. The van der Waals surface area contributed by atoms with Gasteiger partial charge in [-0.3, -0.25) is 0 Å². The second-order valence-corrected chi connectivity index (χ2v) is 12.6. The van der Waals surface area contributed by atoms with Gasteiger partial charge in [0.15, 0.2) is 11.3 Å². The van der Waals surface area contributed by atoms with E-state index in [1.54, 1.807) is 58.0 Å². The number of ether oxygens (including phenoxy) is 1. The minimum absolute atomic E-state index is 0.00843. The molecule has 1 heterocycles. The number of quaternary nitrogens is 1. The average Bonchev–Trinajstić information content (AvgIpc) is 3.11. The van der Waals surface area contributed by atoms with E-state index in [9.17, 15) is 13.2 Å². The summed E-state index contributed by atoms with van der Waals surface area (Å²) in [5, 5.41) is 4.91. The first kappa shape index (κ1) is 29.7. The highest BCUT2D eigenvalue weighted by Crippen LogP contribution is 2.40. The topological polar surface area (TPSA) is 84.8 Å². The highest BCUT2D eigenvalue weighted by molar-refractivity contribution is 7.89. The average molecular weight is 545 g/mol. The van der Waals surface area contributed by atoms with Gasteiger partial charge in [0.25, 0.3) is 0 Å². The number of carbonyl (C=O) groups excluding carboxylic acids is 1. The molecule has 2 aromatic rings. The van der Waals surface area contributed by atoms with Crippen molar-refractivity contribution >= 4 is 27.4 Å². The number of hydrogen-bond donors (Lipinski definition) is 1. The first-order chi connectivity index (χ1) is 17.6. The summed E-state index contributed by atoms with van der Waals surface area (Å²) in [5.74, 6) is -1.13. The van der Waals surface area contributed by atoms with Crippen LogP contribution in [0.2, 0.25) is 0 Å². The molecule has 7 nitrogen and oxygen atoms in total. The first-order valence-electron chi connectivity index (χ1n) is 13.0. The van der Waals surface area contributed by atoms with Crippen molar-refractivity contribution in [3.63, 3.8) is 0 Å². The van der Waals surface area contributed by atoms with Crippen LogP contribution in [0.5, 0.6) is 0 Å². The van der Waals surface area contributed by atoms with Gasteiger partial charge < -0.3 is 4.74 Å². The molecular formula is C29H39FN3O4S+. The zero-order valence-electron chi connectivity index (χ0n) is 23.6. The van der Waals surface area contributed by atoms with Crippen LogP contribution in [-0.4, -0.2) is 50.4 Å². The minimum atomic E-state index is -3.92. The molecule has 0 aliphatic carbocycles. The van der Waals surface area contributed by atoms with E-state index >= 15 is 4.39 Å². The lowest BCUT2D eigenvalue weighted by atomic mass is 9.94. The van der Waals surface area contributed by atoms with E-state index in [-0.39, 0.29) is 33.1 Å². The molecule has 3 rings (SSSR count). The van der Waals surface area contributed by atoms with Crippen LogP contribution >= 0.6 is 0 Å². The molecule has 0 radical (unpaired) electrons. The van der Waals surface area contributed by atoms with Crippen molar-refractivity contribution in [1.82, 2.24) is 4.72 Å². The predicted molar refractivity (Wildman–Crippen MR) is 149 cm³/mol. The molecule has 1 unspecified atom stereocenters. The molecule has 206 valence electrons. The number of rotatable bonds is 9. The molecule has 9 heteroatoms. The minimum Gasteiger partial charge on any atom is -0.462 e. The highest BCUT2D eigenvalue weighted by Gasteiger charge is 2.45. The number of carbonyl (C=O) groups is 1. The van der Waals surface area contributed by atoms with Crippen LogP contribution < -0.4 is 4.72 Å². The summed E-state index contributed by atoms with van der Waals surface area (Å²) in [5.41, 5.74) is 1.76. The van der Waals surface area contributed by atoms with Gasteiger partial charge in [-0.05, 0) is 52.3 Å². The maximum atomic E-state index is 15.9. The van der Waals surface area contributed by atoms with Gasteiger partial charge >= 0.3 is 5.97 Å². The largest absolute Gasteiger partial charge is 0.462 e. The Morgan fingerprint density at radius 2 is 1.76 bits per heavy atom. The number of nitrogens with one attached hydrogen (secondary N) is 1. The Kier molecular flexibility index (Phi) is 8.65.